The minimum atomic E-state index is 1.26. The molecule has 9 heavy (non-hydrogen) atoms. The van der Waals surface area contributed by atoms with Crippen LogP contribution in [0.1, 0.15) is 5.56 Å². The molecule has 1 aromatic carbocycles. The summed E-state index contributed by atoms with van der Waals surface area (Å²) in [6.07, 6.45) is 2.08. The summed E-state index contributed by atoms with van der Waals surface area (Å²) in [5.74, 6) is 2.04. The van der Waals surface area contributed by atoms with Gasteiger partial charge < -0.3 is 0 Å². The molecule has 0 fully saturated rings. The molecule has 0 bridgehead atoms. The highest BCUT2D eigenvalue weighted by atomic mass is 13.8. The summed E-state index contributed by atoms with van der Waals surface area (Å²) < 4.78 is 0. The van der Waals surface area contributed by atoms with Crippen LogP contribution in [-0.2, 0) is 0 Å². The van der Waals surface area contributed by atoms with E-state index < -0.39 is 0 Å². The van der Waals surface area contributed by atoms with Gasteiger partial charge in [-0.1, -0.05) is 36.4 Å². The summed E-state index contributed by atoms with van der Waals surface area (Å²) in [4.78, 5) is 0. The van der Waals surface area contributed by atoms with E-state index >= 15 is 0 Å². The van der Waals surface area contributed by atoms with E-state index in [1.165, 1.54) is 5.56 Å². The maximum atomic E-state index is 2.08. The minimum absolute atomic E-state index is 1.26. The summed E-state index contributed by atoms with van der Waals surface area (Å²) in [6, 6.07) is 10.3. The highest BCUT2D eigenvalue weighted by molar-refractivity contribution is 6.19. The van der Waals surface area contributed by atoms with Crippen molar-refractivity contribution in [2.45, 2.75) is 0 Å². The van der Waals surface area contributed by atoms with Crippen molar-refractivity contribution in [2.75, 3.05) is 0 Å². The third kappa shape index (κ3) is 1.76. The molecule has 1 heteroatoms. The lowest BCUT2D eigenvalue weighted by molar-refractivity contribution is 1.66. The van der Waals surface area contributed by atoms with Gasteiger partial charge in [-0.15, -0.1) is 5.98 Å². The maximum absolute atomic E-state index is 2.08. The van der Waals surface area contributed by atoms with Crippen LogP contribution >= 0.6 is 0 Å². The van der Waals surface area contributed by atoms with Crippen molar-refractivity contribution < 1.29 is 0 Å². The average molecular weight is 116 g/mol. The third-order valence-electron chi connectivity index (χ3n) is 1.16. The van der Waals surface area contributed by atoms with Crippen LogP contribution in [0.25, 0.3) is 6.08 Å². The monoisotopic (exact) mass is 116 g/mol. The molecule has 0 aromatic heterocycles. The van der Waals surface area contributed by atoms with Crippen LogP contribution in [0, 0.1) is 0 Å². The first-order chi connectivity index (χ1) is 4.43. The van der Waals surface area contributed by atoms with Gasteiger partial charge in [-0.05, 0) is 5.56 Å². The van der Waals surface area contributed by atoms with Gasteiger partial charge in [-0.2, -0.15) is 0 Å². The standard InChI is InChI=1S/C8H9B/c9-7-6-8-4-2-1-3-5-8/h1-7H,9H2/b7-6+. The molecule has 0 spiro atoms. The Morgan fingerprint density at radius 1 is 1.11 bits per heavy atom. The summed E-state index contributed by atoms with van der Waals surface area (Å²) in [5.41, 5.74) is 1.26. The molecule has 0 radical (unpaired) electrons. The lowest BCUT2D eigenvalue weighted by Crippen LogP contribution is -1.66. The minimum Gasteiger partial charge on any atom is -0.123 e. The van der Waals surface area contributed by atoms with Gasteiger partial charge in [-0.25, -0.2) is 0 Å². The van der Waals surface area contributed by atoms with Crippen molar-refractivity contribution in [1.29, 1.82) is 0 Å². The Balaban J connectivity index is 2.85. The summed E-state index contributed by atoms with van der Waals surface area (Å²) in [6.45, 7) is 0. The zero-order valence-electron chi connectivity index (χ0n) is 5.54. The fraction of sp³-hybridized carbons (Fsp3) is 0. The fourth-order valence-electron chi connectivity index (χ4n) is 0.757. The number of hydrogen-bond donors (Lipinski definition) is 0. The largest absolute Gasteiger partial charge is 0.129 e. The van der Waals surface area contributed by atoms with Gasteiger partial charge in [0.25, 0.3) is 0 Å². The number of rotatable bonds is 1. The highest BCUT2D eigenvalue weighted by Gasteiger charge is 1.77. The van der Waals surface area contributed by atoms with Crippen molar-refractivity contribution in [3.8, 4) is 0 Å². The molecule has 44 valence electrons. The lowest BCUT2D eigenvalue weighted by atomic mass is 10.1. The van der Waals surface area contributed by atoms with E-state index in [2.05, 4.69) is 18.2 Å². The smallest absolute Gasteiger partial charge is 0.123 e. The molecular formula is C8H9B. The molecule has 0 amide bonds. The molecule has 0 aliphatic carbocycles. The van der Waals surface area contributed by atoms with E-state index in [1.54, 1.807) is 0 Å². The summed E-state index contributed by atoms with van der Waals surface area (Å²) in [7, 11) is 2.02. The first-order valence-corrected chi connectivity index (χ1v) is 3.11. The van der Waals surface area contributed by atoms with Crippen LogP contribution in [0.2, 0.25) is 0 Å². The van der Waals surface area contributed by atoms with Gasteiger partial charge in [0.15, 0.2) is 0 Å². The van der Waals surface area contributed by atoms with E-state index in [4.69, 9.17) is 0 Å². The molecule has 0 unspecified atom stereocenters. The maximum Gasteiger partial charge on any atom is 0.129 e. The molecule has 0 saturated carbocycles. The van der Waals surface area contributed by atoms with Crippen LogP contribution < -0.4 is 0 Å². The van der Waals surface area contributed by atoms with E-state index in [1.807, 2.05) is 32.0 Å². The van der Waals surface area contributed by atoms with E-state index in [9.17, 15) is 0 Å². The Morgan fingerprint density at radius 3 is 2.33 bits per heavy atom. The second-order valence-corrected chi connectivity index (χ2v) is 1.91. The Hall–Kier alpha value is -0.975. The topological polar surface area (TPSA) is 0 Å². The third-order valence-corrected chi connectivity index (χ3v) is 1.16. The summed E-state index contributed by atoms with van der Waals surface area (Å²) in [5, 5.41) is 0. The molecule has 0 aliphatic rings. The zero-order valence-corrected chi connectivity index (χ0v) is 5.54. The molecule has 0 nitrogen and oxygen atoms in total. The first kappa shape index (κ1) is 6.15. The van der Waals surface area contributed by atoms with Crippen LogP contribution in [0.15, 0.2) is 36.3 Å². The van der Waals surface area contributed by atoms with Crippen molar-refractivity contribution >= 4 is 13.9 Å². The molecule has 0 heterocycles. The van der Waals surface area contributed by atoms with Gasteiger partial charge in [0.2, 0.25) is 0 Å². The number of hydrogen-bond acceptors (Lipinski definition) is 0. The van der Waals surface area contributed by atoms with Gasteiger partial charge >= 0.3 is 0 Å². The van der Waals surface area contributed by atoms with Crippen molar-refractivity contribution in [1.82, 2.24) is 0 Å². The van der Waals surface area contributed by atoms with Crippen molar-refractivity contribution in [3.05, 3.63) is 41.9 Å². The van der Waals surface area contributed by atoms with Crippen LogP contribution in [0.5, 0.6) is 0 Å². The van der Waals surface area contributed by atoms with Gasteiger partial charge in [0.05, 0.1) is 0 Å². The van der Waals surface area contributed by atoms with Gasteiger partial charge in [0, 0.05) is 0 Å². The number of benzene rings is 1. The predicted octanol–water partition coefficient (Wildman–Crippen LogP) is 1.29. The summed E-state index contributed by atoms with van der Waals surface area (Å²) >= 11 is 0. The van der Waals surface area contributed by atoms with Gasteiger partial charge in [0.1, 0.15) is 7.85 Å². The predicted molar refractivity (Wildman–Crippen MR) is 44.0 cm³/mol. The first-order valence-electron chi connectivity index (χ1n) is 3.11. The quantitative estimate of drug-likeness (QED) is 0.485. The molecule has 1 rings (SSSR count). The van der Waals surface area contributed by atoms with Crippen molar-refractivity contribution in [3.63, 3.8) is 0 Å². The normalized spacial score (nSPS) is 10.2. The molecule has 1 aromatic rings. The fourth-order valence-corrected chi connectivity index (χ4v) is 0.757. The Morgan fingerprint density at radius 2 is 1.78 bits per heavy atom. The van der Waals surface area contributed by atoms with E-state index in [0.717, 1.165) is 0 Å². The average Bonchev–Trinajstić information content (AvgIpc) is 1.91. The second-order valence-electron chi connectivity index (χ2n) is 1.91. The zero-order chi connectivity index (χ0) is 6.53. The van der Waals surface area contributed by atoms with Crippen LogP contribution in [0.3, 0.4) is 0 Å². The molecule has 0 atom stereocenters. The lowest BCUT2D eigenvalue weighted by Gasteiger charge is -1.87. The van der Waals surface area contributed by atoms with Crippen LogP contribution in [-0.4, -0.2) is 7.85 Å². The van der Waals surface area contributed by atoms with E-state index in [-0.39, 0.29) is 0 Å². The highest BCUT2D eigenvalue weighted by Crippen LogP contribution is 1.98. The SMILES string of the molecule is B/C=C/c1ccccc1. The van der Waals surface area contributed by atoms with Crippen LogP contribution in [0.4, 0.5) is 0 Å². The van der Waals surface area contributed by atoms with Gasteiger partial charge in [-0.3, -0.25) is 0 Å². The molecule has 0 N–H and O–H groups in total. The second kappa shape index (κ2) is 3.13. The Bertz CT molecular complexity index is 189. The molecule has 0 saturated heterocycles. The van der Waals surface area contributed by atoms with Crippen molar-refractivity contribution in [2.24, 2.45) is 0 Å². The molecule has 0 aliphatic heterocycles. The Kier molecular flexibility index (Phi) is 2.14. The van der Waals surface area contributed by atoms with E-state index in [0.29, 0.717) is 0 Å². The Labute approximate surface area is 56.6 Å². The molecular weight excluding hydrogens is 107 g/mol.